The largest absolute Gasteiger partial charge is 0.396 e. The molecule has 0 aliphatic heterocycles. The fraction of sp³-hybridized carbons (Fsp3) is 0.429. The fourth-order valence-corrected chi connectivity index (χ4v) is 2.68. The molecule has 1 unspecified atom stereocenters. The fourth-order valence-electron chi connectivity index (χ4n) is 2.68. The summed E-state index contributed by atoms with van der Waals surface area (Å²) in [6.07, 6.45) is -0.652. The highest BCUT2D eigenvalue weighted by Gasteiger charge is 2.31. The van der Waals surface area contributed by atoms with Crippen LogP contribution >= 0.6 is 0 Å². The molecule has 1 atom stereocenters. The first-order chi connectivity index (χ1) is 12.0. The van der Waals surface area contributed by atoms with Crippen LogP contribution in [0.5, 0.6) is 0 Å². The molecule has 2 N–H and O–H groups in total. The summed E-state index contributed by atoms with van der Waals surface area (Å²) in [4.78, 5) is 0. The van der Waals surface area contributed by atoms with Gasteiger partial charge in [0.2, 0.25) is 0 Å². The van der Waals surface area contributed by atoms with Crippen LogP contribution in [0.3, 0.4) is 0 Å². The Morgan fingerprint density at radius 2 is 1.52 bits per heavy atom. The van der Waals surface area contributed by atoms with Gasteiger partial charge in [0.1, 0.15) is 6.17 Å². The number of halogens is 1. The first-order valence-electron chi connectivity index (χ1n) is 8.77. The van der Waals surface area contributed by atoms with Crippen molar-refractivity contribution in [1.29, 1.82) is 0 Å². The van der Waals surface area contributed by atoms with Crippen molar-refractivity contribution < 1.29 is 14.2 Å². The van der Waals surface area contributed by atoms with Gasteiger partial charge in [0.25, 0.3) is 0 Å². The molecule has 0 spiro atoms. The van der Waals surface area contributed by atoms with E-state index in [1.807, 2.05) is 60.7 Å². The van der Waals surface area contributed by atoms with Gasteiger partial charge < -0.3 is 15.2 Å². The van der Waals surface area contributed by atoms with Crippen molar-refractivity contribution in [3.8, 4) is 0 Å². The van der Waals surface area contributed by atoms with Gasteiger partial charge in [-0.1, -0.05) is 60.7 Å². The summed E-state index contributed by atoms with van der Waals surface area (Å²) >= 11 is 0. The lowest BCUT2D eigenvalue weighted by Gasteiger charge is -2.31. The Morgan fingerprint density at radius 3 is 2.00 bits per heavy atom. The van der Waals surface area contributed by atoms with Crippen LogP contribution in [0.25, 0.3) is 0 Å². The second-order valence-corrected chi connectivity index (χ2v) is 6.66. The zero-order valence-electron chi connectivity index (χ0n) is 15.0. The number of nitrogens with one attached hydrogen (secondary N) is 1. The van der Waals surface area contributed by atoms with Crippen LogP contribution in [-0.4, -0.2) is 36.6 Å². The minimum absolute atomic E-state index is 0.0510. The Labute approximate surface area is 149 Å². The SMILES string of the molecule is CC(C)(OCCCO)C(F)CNC(c1ccccc1)c1ccccc1. The molecule has 25 heavy (non-hydrogen) atoms. The van der Waals surface area contributed by atoms with Gasteiger partial charge in [-0.2, -0.15) is 0 Å². The van der Waals surface area contributed by atoms with Crippen molar-refractivity contribution in [2.24, 2.45) is 0 Å². The van der Waals surface area contributed by atoms with Crippen molar-refractivity contribution in [2.45, 2.75) is 38.1 Å². The smallest absolute Gasteiger partial charge is 0.141 e. The van der Waals surface area contributed by atoms with Crippen LogP contribution in [0, 0.1) is 0 Å². The first kappa shape index (κ1) is 19.6. The van der Waals surface area contributed by atoms with Crippen LogP contribution in [0.15, 0.2) is 60.7 Å². The Bertz CT molecular complexity index is 564. The molecule has 2 aromatic rings. The Balaban J connectivity index is 2.05. The first-order valence-corrected chi connectivity index (χ1v) is 8.77. The molecule has 2 rings (SSSR count). The van der Waals surface area contributed by atoms with Gasteiger partial charge in [-0.05, 0) is 31.4 Å². The number of hydrogen-bond acceptors (Lipinski definition) is 3. The molecule has 2 aromatic carbocycles. The minimum Gasteiger partial charge on any atom is -0.396 e. The highest BCUT2D eigenvalue weighted by molar-refractivity contribution is 5.31. The summed E-state index contributed by atoms with van der Waals surface area (Å²) in [6, 6.07) is 20.0. The molecule has 0 heterocycles. The van der Waals surface area contributed by atoms with Crippen LogP contribution in [0.1, 0.15) is 37.4 Å². The van der Waals surface area contributed by atoms with Crippen LogP contribution in [-0.2, 0) is 4.74 Å². The molecular weight excluding hydrogens is 317 g/mol. The van der Waals surface area contributed by atoms with Crippen molar-refractivity contribution in [3.05, 3.63) is 71.8 Å². The molecule has 0 aliphatic rings. The summed E-state index contributed by atoms with van der Waals surface area (Å²) in [5, 5.41) is 12.2. The highest BCUT2D eigenvalue weighted by Crippen LogP contribution is 2.24. The van der Waals surface area contributed by atoms with Gasteiger partial charge in [-0.3, -0.25) is 0 Å². The Morgan fingerprint density at radius 1 is 1.00 bits per heavy atom. The van der Waals surface area contributed by atoms with Crippen molar-refractivity contribution in [3.63, 3.8) is 0 Å². The maximum Gasteiger partial charge on any atom is 0.141 e. The number of benzene rings is 2. The second-order valence-electron chi connectivity index (χ2n) is 6.66. The van der Waals surface area contributed by atoms with E-state index >= 15 is 0 Å². The molecule has 0 fully saturated rings. The van der Waals surface area contributed by atoms with Gasteiger partial charge in [0.05, 0.1) is 11.6 Å². The molecular formula is C21H28FNO2. The van der Waals surface area contributed by atoms with Crippen molar-refractivity contribution in [1.82, 2.24) is 5.32 Å². The van der Waals surface area contributed by atoms with Crippen LogP contribution < -0.4 is 5.32 Å². The van der Waals surface area contributed by atoms with E-state index < -0.39 is 11.8 Å². The van der Waals surface area contributed by atoms with E-state index in [2.05, 4.69) is 5.32 Å². The lowest BCUT2D eigenvalue weighted by Crippen LogP contribution is -2.43. The van der Waals surface area contributed by atoms with Gasteiger partial charge in [0.15, 0.2) is 0 Å². The topological polar surface area (TPSA) is 41.5 Å². The van der Waals surface area contributed by atoms with E-state index in [4.69, 9.17) is 9.84 Å². The van der Waals surface area contributed by atoms with E-state index in [0.29, 0.717) is 13.0 Å². The average Bonchev–Trinajstić information content (AvgIpc) is 2.63. The quantitative estimate of drug-likeness (QED) is 0.642. The second kappa shape index (κ2) is 9.66. The maximum absolute atomic E-state index is 14.7. The third-order valence-electron chi connectivity index (χ3n) is 4.30. The normalized spacial score (nSPS) is 13.2. The summed E-state index contributed by atoms with van der Waals surface area (Å²) in [7, 11) is 0. The summed E-state index contributed by atoms with van der Waals surface area (Å²) in [5.41, 5.74) is 1.29. The van der Waals surface area contributed by atoms with Gasteiger partial charge >= 0.3 is 0 Å². The molecule has 0 bridgehead atoms. The van der Waals surface area contributed by atoms with E-state index in [0.717, 1.165) is 11.1 Å². The van der Waals surface area contributed by atoms with Gasteiger partial charge in [0, 0.05) is 19.8 Å². The van der Waals surface area contributed by atoms with Crippen molar-refractivity contribution in [2.75, 3.05) is 19.8 Å². The van der Waals surface area contributed by atoms with Crippen molar-refractivity contribution >= 4 is 0 Å². The van der Waals surface area contributed by atoms with Crippen LogP contribution in [0.2, 0.25) is 0 Å². The summed E-state index contributed by atoms with van der Waals surface area (Å²) in [5.74, 6) is 0. The molecule has 0 aromatic heterocycles. The lowest BCUT2D eigenvalue weighted by atomic mass is 9.97. The maximum atomic E-state index is 14.7. The molecule has 0 amide bonds. The number of ether oxygens (including phenoxy) is 1. The monoisotopic (exact) mass is 345 g/mol. The molecule has 136 valence electrons. The summed E-state index contributed by atoms with van der Waals surface area (Å²) in [6.45, 7) is 4.08. The predicted molar refractivity (Wildman–Crippen MR) is 99.4 cm³/mol. The molecule has 0 saturated carbocycles. The Hall–Kier alpha value is -1.75. The van der Waals surface area contributed by atoms with E-state index in [-0.39, 0.29) is 19.2 Å². The third-order valence-corrected chi connectivity index (χ3v) is 4.30. The van der Waals surface area contributed by atoms with E-state index in [1.165, 1.54) is 0 Å². The third kappa shape index (κ3) is 5.92. The van der Waals surface area contributed by atoms with Crippen LogP contribution in [0.4, 0.5) is 4.39 Å². The molecule has 4 heteroatoms. The van der Waals surface area contributed by atoms with Gasteiger partial charge in [-0.25, -0.2) is 4.39 Å². The predicted octanol–water partition coefficient (Wildman–Crippen LogP) is 3.88. The average molecular weight is 345 g/mol. The number of alkyl halides is 1. The minimum atomic E-state index is -1.17. The lowest BCUT2D eigenvalue weighted by molar-refractivity contribution is -0.0735. The number of aliphatic hydroxyl groups excluding tert-OH is 1. The van der Waals surface area contributed by atoms with E-state index in [9.17, 15) is 4.39 Å². The molecule has 0 aliphatic carbocycles. The molecule has 0 radical (unpaired) electrons. The Kier molecular flexibility index (Phi) is 7.56. The summed E-state index contributed by atoms with van der Waals surface area (Å²) < 4.78 is 20.4. The zero-order valence-corrected chi connectivity index (χ0v) is 15.0. The van der Waals surface area contributed by atoms with E-state index in [1.54, 1.807) is 13.8 Å². The standard InChI is InChI=1S/C21H28FNO2/c1-21(2,25-15-9-14-24)19(22)16-23-20(17-10-5-3-6-11-17)18-12-7-4-8-13-18/h3-8,10-13,19-20,23-24H,9,14-16H2,1-2H3. The highest BCUT2D eigenvalue weighted by atomic mass is 19.1. The molecule has 3 nitrogen and oxygen atoms in total. The molecule has 0 saturated heterocycles. The number of hydrogen-bond donors (Lipinski definition) is 2. The number of rotatable bonds is 10. The van der Waals surface area contributed by atoms with Gasteiger partial charge in [-0.15, -0.1) is 0 Å². The number of aliphatic hydroxyl groups is 1. The zero-order chi connectivity index (χ0) is 18.1.